The largest absolute Gasteiger partial charge is 0.260 e. The van der Waals surface area contributed by atoms with Crippen molar-refractivity contribution in [2.45, 2.75) is 27.2 Å². The van der Waals surface area contributed by atoms with E-state index in [0.29, 0.717) is 5.92 Å². The lowest BCUT2D eigenvalue weighted by Gasteiger charge is -2.01. The number of hydrogen-bond donors (Lipinski definition) is 0. The molecular formula is C7H16OS. The van der Waals surface area contributed by atoms with Gasteiger partial charge in [0.15, 0.2) is 0 Å². The molecule has 0 aromatic carbocycles. The molecule has 0 rings (SSSR count). The van der Waals surface area contributed by atoms with Crippen molar-refractivity contribution >= 4 is 10.8 Å². The van der Waals surface area contributed by atoms with E-state index in [-0.39, 0.29) is 0 Å². The van der Waals surface area contributed by atoms with E-state index in [0.717, 1.165) is 17.9 Å². The summed E-state index contributed by atoms with van der Waals surface area (Å²) >= 11 is 0. The lowest BCUT2D eigenvalue weighted by atomic mass is 10.3. The zero-order valence-corrected chi connectivity index (χ0v) is 7.33. The normalized spacial score (nSPS) is 14.2. The Bertz CT molecular complexity index is 88.9. The lowest BCUT2D eigenvalue weighted by Crippen LogP contribution is -2.06. The predicted octanol–water partition coefficient (Wildman–Crippen LogP) is 1.80. The van der Waals surface area contributed by atoms with Crippen molar-refractivity contribution in [3.63, 3.8) is 0 Å². The van der Waals surface area contributed by atoms with Gasteiger partial charge in [0, 0.05) is 22.3 Å². The van der Waals surface area contributed by atoms with Gasteiger partial charge in [-0.05, 0) is 12.3 Å². The molecule has 0 aliphatic heterocycles. The Labute approximate surface area is 60.3 Å². The topological polar surface area (TPSA) is 17.1 Å². The van der Waals surface area contributed by atoms with E-state index < -0.39 is 10.8 Å². The molecule has 0 aromatic rings. The molecule has 2 heteroatoms. The Morgan fingerprint density at radius 3 is 2.33 bits per heavy atom. The maximum absolute atomic E-state index is 11.0. The van der Waals surface area contributed by atoms with Gasteiger partial charge in [0.05, 0.1) is 0 Å². The highest BCUT2D eigenvalue weighted by Gasteiger charge is 1.99. The molecule has 0 saturated carbocycles. The Hall–Kier alpha value is 0.150. The minimum absolute atomic E-state index is 0.550. The van der Waals surface area contributed by atoms with E-state index in [9.17, 15) is 4.21 Å². The van der Waals surface area contributed by atoms with Crippen molar-refractivity contribution in [2.24, 2.45) is 5.92 Å². The highest BCUT2D eigenvalue weighted by atomic mass is 32.2. The molecule has 0 aliphatic carbocycles. The van der Waals surface area contributed by atoms with Crippen molar-refractivity contribution in [1.29, 1.82) is 0 Å². The second kappa shape index (κ2) is 4.98. The van der Waals surface area contributed by atoms with Crippen LogP contribution in [0.2, 0.25) is 0 Å². The van der Waals surface area contributed by atoms with Crippen LogP contribution in [0.5, 0.6) is 0 Å². The lowest BCUT2D eigenvalue weighted by molar-refractivity contribution is 0.663. The first-order chi connectivity index (χ1) is 4.16. The molecule has 9 heavy (non-hydrogen) atoms. The fourth-order valence-corrected chi connectivity index (χ4v) is 2.05. The van der Waals surface area contributed by atoms with Gasteiger partial charge in [-0.2, -0.15) is 0 Å². The van der Waals surface area contributed by atoms with Crippen LogP contribution in [0.15, 0.2) is 0 Å². The predicted molar refractivity (Wildman–Crippen MR) is 43.0 cm³/mol. The summed E-state index contributed by atoms with van der Waals surface area (Å²) in [4.78, 5) is 0. The summed E-state index contributed by atoms with van der Waals surface area (Å²) in [7, 11) is -0.550. The van der Waals surface area contributed by atoms with Crippen molar-refractivity contribution in [3.8, 4) is 0 Å². The van der Waals surface area contributed by atoms with E-state index in [2.05, 4.69) is 20.8 Å². The zero-order valence-electron chi connectivity index (χ0n) is 6.52. The van der Waals surface area contributed by atoms with Gasteiger partial charge in [0.1, 0.15) is 0 Å². The molecule has 0 N–H and O–H groups in total. The van der Waals surface area contributed by atoms with E-state index in [1.165, 1.54) is 0 Å². The summed E-state index contributed by atoms with van der Waals surface area (Å²) in [6.45, 7) is 6.28. The van der Waals surface area contributed by atoms with Gasteiger partial charge in [-0.15, -0.1) is 0 Å². The van der Waals surface area contributed by atoms with Crippen LogP contribution in [0.4, 0.5) is 0 Å². The highest BCUT2D eigenvalue weighted by molar-refractivity contribution is 7.84. The van der Waals surface area contributed by atoms with E-state index in [4.69, 9.17) is 0 Å². The molecule has 56 valence electrons. The molecule has 0 saturated heterocycles. The van der Waals surface area contributed by atoms with E-state index in [1.54, 1.807) is 0 Å². The van der Waals surface area contributed by atoms with Crippen LogP contribution in [0.3, 0.4) is 0 Å². The fourth-order valence-electron chi connectivity index (χ4n) is 0.683. The average Bonchev–Trinajstić information content (AvgIpc) is 1.63. The quantitative estimate of drug-likeness (QED) is 0.594. The molecule has 0 aromatic heterocycles. The Morgan fingerprint density at radius 2 is 2.00 bits per heavy atom. The number of rotatable bonds is 4. The van der Waals surface area contributed by atoms with Gasteiger partial charge in [0.25, 0.3) is 0 Å². The zero-order chi connectivity index (χ0) is 7.28. The van der Waals surface area contributed by atoms with Crippen molar-refractivity contribution in [1.82, 2.24) is 0 Å². The first kappa shape index (κ1) is 9.15. The standard InChI is InChI=1S/C7H16OS/c1-4-5-9(8)6-7(2)3/h7H,4-6H2,1-3H3. The molecule has 0 fully saturated rings. The molecule has 1 nitrogen and oxygen atoms in total. The molecule has 1 atom stereocenters. The van der Waals surface area contributed by atoms with E-state index in [1.807, 2.05) is 0 Å². The van der Waals surface area contributed by atoms with Crippen molar-refractivity contribution < 1.29 is 4.21 Å². The summed E-state index contributed by atoms with van der Waals surface area (Å²) in [6.07, 6.45) is 1.04. The minimum atomic E-state index is -0.550. The van der Waals surface area contributed by atoms with Gasteiger partial charge in [-0.25, -0.2) is 0 Å². The summed E-state index contributed by atoms with van der Waals surface area (Å²) in [5, 5.41) is 0. The third kappa shape index (κ3) is 6.03. The monoisotopic (exact) mass is 148 g/mol. The summed E-state index contributed by atoms with van der Waals surface area (Å²) in [5.74, 6) is 2.32. The Kier molecular flexibility index (Phi) is 5.06. The summed E-state index contributed by atoms with van der Waals surface area (Å²) in [5.41, 5.74) is 0. The molecule has 0 aliphatic rings. The van der Waals surface area contributed by atoms with Crippen LogP contribution < -0.4 is 0 Å². The summed E-state index contributed by atoms with van der Waals surface area (Å²) in [6, 6.07) is 0. The van der Waals surface area contributed by atoms with Gasteiger partial charge >= 0.3 is 0 Å². The molecule has 0 amide bonds. The first-order valence-electron chi connectivity index (χ1n) is 3.51. The molecule has 0 heterocycles. The fraction of sp³-hybridized carbons (Fsp3) is 1.00. The van der Waals surface area contributed by atoms with Gasteiger partial charge in [-0.1, -0.05) is 20.8 Å². The third-order valence-electron chi connectivity index (χ3n) is 0.951. The molecule has 1 unspecified atom stereocenters. The van der Waals surface area contributed by atoms with Gasteiger partial charge in [-0.3, -0.25) is 4.21 Å². The molecule has 0 radical (unpaired) electrons. The van der Waals surface area contributed by atoms with Crippen LogP contribution in [0.25, 0.3) is 0 Å². The van der Waals surface area contributed by atoms with Crippen molar-refractivity contribution in [2.75, 3.05) is 11.5 Å². The summed E-state index contributed by atoms with van der Waals surface area (Å²) < 4.78 is 11.0. The smallest absolute Gasteiger partial charge is 0.0257 e. The first-order valence-corrected chi connectivity index (χ1v) is 5.00. The molecule has 0 bridgehead atoms. The third-order valence-corrected chi connectivity index (χ3v) is 2.85. The SMILES string of the molecule is CCCS(=O)CC(C)C. The van der Waals surface area contributed by atoms with Crippen LogP contribution in [0, 0.1) is 5.92 Å². The second-order valence-electron chi connectivity index (χ2n) is 2.70. The van der Waals surface area contributed by atoms with Gasteiger partial charge in [0.2, 0.25) is 0 Å². The number of hydrogen-bond acceptors (Lipinski definition) is 1. The van der Waals surface area contributed by atoms with Crippen LogP contribution in [0.1, 0.15) is 27.2 Å². The highest BCUT2D eigenvalue weighted by Crippen LogP contribution is 1.96. The second-order valence-corrected chi connectivity index (χ2v) is 4.33. The minimum Gasteiger partial charge on any atom is -0.260 e. The van der Waals surface area contributed by atoms with Crippen LogP contribution in [-0.2, 0) is 10.8 Å². The average molecular weight is 148 g/mol. The van der Waals surface area contributed by atoms with Crippen LogP contribution >= 0.6 is 0 Å². The van der Waals surface area contributed by atoms with Gasteiger partial charge < -0.3 is 0 Å². The van der Waals surface area contributed by atoms with Crippen LogP contribution in [-0.4, -0.2) is 15.7 Å². The Morgan fingerprint density at radius 1 is 1.44 bits per heavy atom. The van der Waals surface area contributed by atoms with Crippen molar-refractivity contribution in [3.05, 3.63) is 0 Å². The van der Waals surface area contributed by atoms with E-state index >= 15 is 0 Å². The maximum Gasteiger partial charge on any atom is 0.0257 e. The Balaban J connectivity index is 3.27. The molecule has 0 spiro atoms. The molecular weight excluding hydrogens is 132 g/mol. The maximum atomic E-state index is 11.0.